The molecule has 21 heavy (non-hydrogen) atoms. The van der Waals surface area contributed by atoms with Crippen LogP contribution in [0.15, 0.2) is 24.3 Å². The normalized spacial score (nSPS) is 10.6. The second-order valence-electron chi connectivity index (χ2n) is 4.54. The molecule has 0 aliphatic heterocycles. The highest BCUT2D eigenvalue weighted by Gasteiger charge is 2.14. The van der Waals surface area contributed by atoms with Crippen molar-refractivity contribution < 1.29 is 0 Å². The summed E-state index contributed by atoms with van der Waals surface area (Å²) in [5, 5.41) is 17.6. The van der Waals surface area contributed by atoms with Gasteiger partial charge in [0.2, 0.25) is 5.82 Å². The number of nitrogens with two attached hydrogens (primary N) is 1. The van der Waals surface area contributed by atoms with Crippen molar-refractivity contribution in [2.24, 2.45) is 0 Å². The van der Waals surface area contributed by atoms with Crippen LogP contribution in [-0.2, 0) is 0 Å². The zero-order valence-corrected chi connectivity index (χ0v) is 12.3. The highest BCUT2D eigenvalue weighted by atomic mass is 32.1. The smallest absolute Gasteiger partial charge is 0.218 e. The number of rotatable bonds is 4. The second-order valence-corrected chi connectivity index (χ2v) is 5.53. The zero-order valence-electron chi connectivity index (χ0n) is 11.5. The van der Waals surface area contributed by atoms with E-state index in [2.05, 4.69) is 30.9 Å². The summed E-state index contributed by atoms with van der Waals surface area (Å²) in [4.78, 5) is 7.00. The number of benzene rings is 1. The van der Waals surface area contributed by atoms with E-state index in [9.17, 15) is 0 Å². The summed E-state index contributed by atoms with van der Waals surface area (Å²) in [6, 6.07) is 8.03. The lowest BCUT2D eigenvalue weighted by Gasteiger charge is -2.12. The van der Waals surface area contributed by atoms with Gasteiger partial charge in [0.1, 0.15) is 10.7 Å². The van der Waals surface area contributed by atoms with Crippen LogP contribution < -0.4 is 16.0 Å². The average molecular weight is 302 g/mol. The van der Waals surface area contributed by atoms with Gasteiger partial charge in [0.25, 0.3) is 0 Å². The number of nitrogen functional groups attached to an aromatic ring is 1. The van der Waals surface area contributed by atoms with Gasteiger partial charge < -0.3 is 16.0 Å². The monoisotopic (exact) mass is 302 g/mol. The van der Waals surface area contributed by atoms with E-state index in [4.69, 9.17) is 5.73 Å². The summed E-state index contributed by atoms with van der Waals surface area (Å²) < 4.78 is 0. The van der Waals surface area contributed by atoms with E-state index in [0.29, 0.717) is 21.7 Å². The third-order valence-corrected chi connectivity index (χ3v) is 3.82. The predicted molar refractivity (Wildman–Crippen MR) is 83.7 cm³/mol. The molecule has 0 atom stereocenters. The Balaban J connectivity index is 1.81. The molecule has 0 radical (unpaired) electrons. The number of hydrogen-bond acceptors (Lipinski definition) is 8. The lowest BCUT2D eigenvalue weighted by atomic mass is 10.2. The Morgan fingerprint density at radius 3 is 2.62 bits per heavy atom. The number of aromatic amines is 1. The van der Waals surface area contributed by atoms with Gasteiger partial charge >= 0.3 is 0 Å². The first-order valence-electron chi connectivity index (χ1n) is 6.18. The number of tetrazole rings is 1. The lowest BCUT2D eigenvalue weighted by molar-refractivity contribution is 0.881. The van der Waals surface area contributed by atoms with E-state index < -0.39 is 0 Å². The number of nitrogens with zero attached hydrogens (tertiary/aromatic N) is 5. The summed E-state index contributed by atoms with van der Waals surface area (Å²) in [6.45, 7) is 0. The van der Waals surface area contributed by atoms with Gasteiger partial charge in [0.05, 0.1) is 0 Å². The van der Waals surface area contributed by atoms with Gasteiger partial charge in [0, 0.05) is 25.5 Å². The van der Waals surface area contributed by atoms with Crippen LogP contribution >= 0.6 is 11.3 Å². The van der Waals surface area contributed by atoms with Crippen molar-refractivity contribution in [1.29, 1.82) is 0 Å². The van der Waals surface area contributed by atoms with Gasteiger partial charge in [-0.1, -0.05) is 11.3 Å². The predicted octanol–water partition coefficient (Wildman–Crippen LogP) is 1.71. The number of thiazole rings is 1. The van der Waals surface area contributed by atoms with Crippen LogP contribution in [-0.4, -0.2) is 39.7 Å². The molecule has 0 unspecified atom stereocenters. The molecule has 3 rings (SSSR count). The molecule has 108 valence electrons. The number of hydrogen-bond donors (Lipinski definition) is 3. The van der Waals surface area contributed by atoms with Crippen molar-refractivity contribution in [2.75, 3.05) is 30.0 Å². The standard InChI is InChI=1S/C12H14N8S/c1-20(2)8-5-3-7(4-6-8)14-12-15-10(13)9(21-12)11-16-18-19-17-11/h3-6H,13H2,1-2H3,(H,14,15)(H,16,17,18,19). The SMILES string of the molecule is CN(C)c1ccc(Nc2nc(N)c(-c3nn[nH]n3)s2)cc1. The van der Waals surface area contributed by atoms with Crippen LogP contribution in [0.4, 0.5) is 22.3 Å². The van der Waals surface area contributed by atoms with Crippen LogP contribution in [0, 0.1) is 0 Å². The Hall–Kier alpha value is -2.68. The molecule has 1 aromatic carbocycles. The topological polar surface area (TPSA) is 109 Å². The van der Waals surface area contributed by atoms with Gasteiger partial charge in [-0.2, -0.15) is 5.21 Å². The number of H-pyrrole nitrogens is 1. The van der Waals surface area contributed by atoms with Gasteiger partial charge in [-0.3, -0.25) is 0 Å². The first kappa shape index (κ1) is 13.3. The Labute approximate surface area is 125 Å². The van der Waals surface area contributed by atoms with Gasteiger partial charge in [0.15, 0.2) is 5.13 Å². The molecule has 0 aliphatic carbocycles. The largest absolute Gasteiger partial charge is 0.382 e. The summed E-state index contributed by atoms with van der Waals surface area (Å²) in [7, 11) is 4.00. The van der Waals surface area contributed by atoms with E-state index in [1.807, 2.05) is 43.3 Å². The maximum atomic E-state index is 5.88. The van der Waals surface area contributed by atoms with Crippen LogP contribution in [0.5, 0.6) is 0 Å². The molecule has 9 heteroatoms. The van der Waals surface area contributed by atoms with Crippen LogP contribution in [0.2, 0.25) is 0 Å². The number of anilines is 4. The van der Waals surface area contributed by atoms with Gasteiger partial charge in [-0.25, -0.2) is 4.98 Å². The van der Waals surface area contributed by atoms with Crippen molar-refractivity contribution in [1.82, 2.24) is 25.6 Å². The molecule has 4 N–H and O–H groups in total. The van der Waals surface area contributed by atoms with Crippen molar-refractivity contribution in [2.45, 2.75) is 0 Å². The third-order valence-electron chi connectivity index (χ3n) is 2.84. The molecule has 0 aliphatic rings. The number of nitrogens with one attached hydrogen (secondary N) is 2. The Morgan fingerprint density at radius 1 is 1.24 bits per heavy atom. The molecule has 0 bridgehead atoms. The van der Waals surface area contributed by atoms with Crippen LogP contribution in [0.1, 0.15) is 0 Å². The van der Waals surface area contributed by atoms with Crippen LogP contribution in [0.3, 0.4) is 0 Å². The molecule has 8 nitrogen and oxygen atoms in total. The first-order chi connectivity index (χ1) is 10.1. The fraction of sp³-hybridized carbons (Fsp3) is 0.167. The maximum absolute atomic E-state index is 5.88. The van der Waals surface area contributed by atoms with Crippen molar-refractivity contribution in [3.8, 4) is 10.7 Å². The first-order valence-corrected chi connectivity index (χ1v) is 6.99. The molecule has 2 aromatic heterocycles. The third kappa shape index (κ3) is 2.77. The van der Waals surface area contributed by atoms with E-state index >= 15 is 0 Å². The molecule has 0 spiro atoms. The van der Waals surface area contributed by atoms with Gasteiger partial charge in [-0.15, -0.1) is 10.2 Å². The molecular formula is C12H14N8S. The quantitative estimate of drug-likeness (QED) is 0.673. The Kier molecular flexibility index (Phi) is 3.40. The lowest BCUT2D eigenvalue weighted by Crippen LogP contribution is -2.08. The minimum atomic E-state index is 0.383. The van der Waals surface area contributed by atoms with E-state index in [0.717, 1.165) is 11.4 Å². The van der Waals surface area contributed by atoms with E-state index in [1.165, 1.54) is 11.3 Å². The fourth-order valence-corrected chi connectivity index (χ4v) is 2.60. The Bertz CT molecular complexity index is 716. The van der Waals surface area contributed by atoms with Crippen molar-refractivity contribution in [3.05, 3.63) is 24.3 Å². The fourth-order valence-electron chi connectivity index (χ4n) is 1.77. The summed E-state index contributed by atoms with van der Waals surface area (Å²) in [5.74, 6) is 0.829. The zero-order chi connectivity index (χ0) is 14.8. The molecule has 0 amide bonds. The van der Waals surface area contributed by atoms with E-state index in [-0.39, 0.29) is 0 Å². The summed E-state index contributed by atoms with van der Waals surface area (Å²) >= 11 is 1.38. The van der Waals surface area contributed by atoms with Gasteiger partial charge in [-0.05, 0) is 29.5 Å². The summed E-state index contributed by atoms with van der Waals surface area (Å²) in [6.07, 6.45) is 0. The molecular weight excluding hydrogens is 288 g/mol. The summed E-state index contributed by atoms with van der Waals surface area (Å²) in [5.41, 5.74) is 7.95. The molecule has 3 aromatic rings. The van der Waals surface area contributed by atoms with E-state index in [1.54, 1.807) is 0 Å². The highest BCUT2D eigenvalue weighted by molar-refractivity contribution is 7.19. The minimum Gasteiger partial charge on any atom is -0.382 e. The second kappa shape index (κ2) is 5.37. The molecule has 0 fully saturated rings. The van der Waals surface area contributed by atoms with Crippen molar-refractivity contribution >= 4 is 33.7 Å². The maximum Gasteiger partial charge on any atom is 0.218 e. The Morgan fingerprint density at radius 2 is 2.00 bits per heavy atom. The molecule has 0 saturated heterocycles. The van der Waals surface area contributed by atoms with Crippen molar-refractivity contribution in [3.63, 3.8) is 0 Å². The number of aromatic nitrogens is 5. The average Bonchev–Trinajstić information content (AvgIpc) is 3.09. The van der Waals surface area contributed by atoms with Crippen LogP contribution in [0.25, 0.3) is 10.7 Å². The highest BCUT2D eigenvalue weighted by Crippen LogP contribution is 2.33. The minimum absolute atomic E-state index is 0.383. The molecule has 2 heterocycles. The molecule has 0 saturated carbocycles.